The molecule has 320 valence electrons. The van der Waals surface area contributed by atoms with E-state index in [9.17, 15) is 9.59 Å². The topological polar surface area (TPSA) is 83.6 Å². The van der Waals surface area contributed by atoms with E-state index in [1.807, 2.05) is 17.0 Å². The van der Waals surface area contributed by atoms with E-state index in [0.717, 1.165) is 112 Å². The first-order valence-electron chi connectivity index (χ1n) is 23.3. The van der Waals surface area contributed by atoms with Crippen molar-refractivity contribution in [1.82, 2.24) is 20.0 Å². The third-order valence-electron chi connectivity index (χ3n) is 14.2. The third-order valence-corrected chi connectivity index (χ3v) is 14.2. The molecule has 3 atom stereocenters. The molecule has 1 N–H and O–H groups in total. The van der Waals surface area contributed by atoms with Gasteiger partial charge in [-0.3, -0.25) is 19.4 Å². The first-order chi connectivity index (χ1) is 29.4. The number of carbonyl (C=O) groups excluding carboxylic acids is 2. The van der Waals surface area contributed by atoms with Gasteiger partial charge in [0.2, 0.25) is 11.8 Å². The van der Waals surface area contributed by atoms with Crippen LogP contribution in [0.4, 0.5) is 0 Å². The summed E-state index contributed by atoms with van der Waals surface area (Å²) in [6, 6.07) is 22.3. The molecule has 3 unspecified atom stereocenters. The average molecular weight is 815 g/mol. The number of aryl methyl sites for hydroxylation is 3. The summed E-state index contributed by atoms with van der Waals surface area (Å²) in [4.78, 5) is 32.8. The Morgan fingerprint density at radius 2 is 1.32 bits per heavy atom. The van der Waals surface area contributed by atoms with Crippen LogP contribution in [0.2, 0.25) is 0 Å². The lowest BCUT2D eigenvalue weighted by molar-refractivity contribution is -0.130. The number of benzene rings is 3. The van der Waals surface area contributed by atoms with Crippen LogP contribution in [0.1, 0.15) is 98.4 Å². The first-order valence-corrected chi connectivity index (χ1v) is 23.3. The smallest absolute Gasteiger partial charge is 0.227 e. The van der Waals surface area contributed by atoms with Crippen LogP contribution in [0.5, 0.6) is 17.2 Å². The highest BCUT2D eigenvalue weighted by Crippen LogP contribution is 2.37. The van der Waals surface area contributed by atoms with E-state index in [0.29, 0.717) is 50.6 Å². The van der Waals surface area contributed by atoms with Gasteiger partial charge in [-0.1, -0.05) is 24.3 Å². The van der Waals surface area contributed by atoms with Crippen molar-refractivity contribution in [2.24, 2.45) is 17.8 Å². The van der Waals surface area contributed by atoms with Crippen LogP contribution >= 0.6 is 0 Å². The molecule has 2 saturated carbocycles. The van der Waals surface area contributed by atoms with Crippen LogP contribution in [0.3, 0.4) is 0 Å². The molecular formula is C51H66N4O5. The number of ether oxygens (including phenoxy) is 3. The summed E-state index contributed by atoms with van der Waals surface area (Å²) in [5.74, 6) is 5.24. The molecule has 3 fully saturated rings. The highest BCUT2D eigenvalue weighted by atomic mass is 16.5. The van der Waals surface area contributed by atoms with Crippen LogP contribution in [0, 0.1) is 17.8 Å². The van der Waals surface area contributed by atoms with E-state index in [1.165, 1.54) is 66.6 Å². The van der Waals surface area contributed by atoms with Gasteiger partial charge in [-0.15, -0.1) is 0 Å². The van der Waals surface area contributed by atoms with Gasteiger partial charge in [-0.2, -0.15) is 0 Å². The van der Waals surface area contributed by atoms with Gasteiger partial charge >= 0.3 is 0 Å². The number of nitrogens with zero attached hydrogens (tertiary/aromatic N) is 3. The number of hydrogen-bond acceptors (Lipinski definition) is 7. The van der Waals surface area contributed by atoms with E-state index in [4.69, 9.17) is 14.2 Å². The van der Waals surface area contributed by atoms with Gasteiger partial charge in [-0.05, 0) is 184 Å². The monoisotopic (exact) mass is 815 g/mol. The lowest BCUT2D eigenvalue weighted by Crippen LogP contribution is -2.50. The number of fused-ring (bicyclic) bond motifs is 2. The SMILES string of the molecule is COc1ccc2c(c1)CCCN(CC1CC1)C(C1=CN(Cc3ccc(OCCOc4ccc5c(c4)CCCN(CC4CC4)C(C4CCC(=O)NC4)C5)cc3)C(=O)CC1)CC2. The van der Waals surface area contributed by atoms with Gasteiger partial charge in [0, 0.05) is 50.8 Å². The van der Waals surface area contributed by atoms with E-state index >= 15 is 0 Å². The molecule has 1 saturated heterocycles. The minimum atomic E-state index is 0.201. The van der Waals surface area contributed by atoms with Gasteiger partial charge in [0.1, 0.15) is 30.5 Å². The Balaban J connectivity index is 0.785. The Bertz CT molecular complexity index is 1980. The maximum absolute atomic E-state index is 13.3. The molecule has 3 aromatic carbocycles. The maximum Gasteiger partial charge on any atom is 0.227 e. The molecule has 2 amide bonds. The van der Waals surface area contributed by atoms with Gasteiger partial charge in [0.25, 0.3) is 0 Å². The Morgan fingerprint density at radius 1 is 0.650 bits per heavy atom. The molecule has 6 aliphatic rings. The predicted molar refractivity (Wildman–Crippen MR) is 235 cm³/mol. The lowest BCUT2D eigenvalue weighted by Gasteiger charge is -2.40. The third kappa shape index (κ3) is 10.6. The van der Waals surface area contributed by atoms with Crippen molar-refractivity contribution in [2.75, 3.05) is 53.0 Å². The van der Waals surface area contributed by atoms with Crippen molar-refractivity contribution < 1.29 is 23.8 Å². The second-order valence-corrected chi connectivity index (χ2v) is 18.6. The summed E-state index contributed by atoms with van der Waals surface area (Å²) in [7, 11) is 1.75. The number of methoxy groups -OCH3 is 1. The molecule has 60 heavy (non-hydrogen) atoms. The molecule has 2 aliphatic carbocycles. The summed E-state index contributed by atoms with van der Waals surface area (Å²) in [6.07, 6.45) is 18.3. The van der Waals surface area contributed by atoms with Gasteiger partial charge in [-0.25, -0.2) is 0 Å². The number of carbonyl (C=O) groups is 2. The maximum atomic E-state index is 13.3. The number of rotatable bonds is 14. The molecule has 3 aromatic rings. The van der Waals surface area contributed by atoms with Crippen molar-refractivity contribution in [3.63, 3.8) is 0 Å². The van der Waals surface area contributed by atoms with Crippen LogP contribution in [-0.2, 0) is 41.8 Å². The van der Waals surface area contributed by atoms with Crippen LogP contribution in [0.15, 0.2) is 72.4 Å². The van der Waals surface area contributed by atoms with Crippen LogP contribution in [-0.4, -0.2) is 91.6 Å². The zero-order valence-electron chi connectivity index (χ0n) is 35.9. The molecular weight excluding hydrogens is 749 g/mol. The van der Waals surface area contributed by atoms with Crippen molar-refractivity contribution in [1.29, 1.82) is 0 Å². The summed E-state index contributed by atoms with van der Waals surface area (Å²) >= 11 is 0. The fourth-order valence-electron chi connectivity index (χ4n) is 10.4. The molecule has 9 heteroatoms. The average Bonchev–Trinajstić information content (AvgIpc) is 4.21. The number of amides is 2. The Labute approximate surface area is 357 Å². The largest absolute Gasteiger partial charge is 0.497 e. The molecule has 0 spiro atoms. The van der Waals surface area contributed by atoms with Crippen LogP contribution < -0.4 is 19.5 Å². The predicted octanol–water partition coefficient (Wildman–Crippen LogP) is 7.91. The van der Waals surface area contributed by atoms with Crippen molar-refractivity contribution in [3.8, 4) is 17.2 Å². The molecule has 0 bridgehead atoms. The van der Waals surface area contributed by atoms with E-state index in [-0.39, 0.29) is 11.8 Å². The summed E-state index contributed by atoms with van der Waals surface area (Å²) in [5.41, 5.74) is 8.20. The van der Waals surface area contributed by atoms with E-state index in [1.54, 1.807) is 7.11 Å². The highest BCUT2D eigenvalue weighted by molar-refractivity contribution is 5.79. The normalized spacial score (nSPS) is 24.4. The second kappa shape index (κ2) is 19.1. The molecule has 0 radical (unpaired) electrons. The molecule has 4 aliphatic heterocycles. The molecule has 9 nitrogen and oxygen atoms in total. The fraction of sp³-hybridized carbons (Fsp3) is 0.569. The van der Waals surface area contributed by atoms with Gasteiger partial charge in [0.05, 0.1) is 13.7 Å². The Hall–Kier alpha value is -4.34. The van der Waals surface area contributed by atoms with Crippen molar-refractivity contribution in [3.05, 3.63) is 100 Å². The van der Waals surface area contributed by atoms with E-state index in [2.05, 4.69) is 69.8 Å². The summed E-state index contributed by atoms with van der Waals surface area (Å²) < 4.78 is 17.9. The van der Waals surface area contributed by atoms with Gasteiger partial charge < -0.3 is 24.4 Å². The van der Waals surface area contributed by atoms with Gasteiger partial charge in [0.15, 0.2) is 0 Å². The van der Waals surface area contributed by atoms with Crippen molar-refractivity contribution >= 4 is 11.8 Å². The number of piperidine rings is 1. The summed E-state index contributed by atoms with van der Waals surface area (Å²) in [6.45, 7) is 6.88. The Kier molecular flexibility index (Phi) is 13.1. The zero-order valence-corrected chi connectivity index (χ0v) is 35.9. The number of nitrogens with one attached hydrogen (secondary N) is 1. The minimum absolute atomic E-state index is 0.201. The number of hydrogen-bond donors (Lipinski definition) is 1. The zero-order chi connectivity index (χ0) is 40.8. The summed E-state index contributed by atoms with van der Waals surface area (Å²) in [5, 5.41) is 3.16. The molecule has 4 heterocycles. The first kappa shape index (κ1) is 41.0. The van der Waals surface area contributed by atoms with E-state index < -0.39 is 0 Å². The molecule has 9 rings (SSSR count). The quantitative estimate of drug-likeness (QED) is 0.166. The Morgan fingerprint density at radius 3 is 2.05 bits per heavy atom. The fourth-order valence-corrected chi connectivity index (χ4v) is 10.4. The van der Waals surface area contributed by atoms with Crippen LogP contribution in [0.25, 0.3) is 0 Å². The standard InChI is InChI=1S/C51H66N4O5/c1-58-46-19-12-39-14-21-48(53(32-36-6-7-36)24-2-4-40(39)28-46)44-16-23-51(57)55(35-44)34-38-10-17-45(18-11-38)59-26-27-60-47-20-13-42-30-49(43-15-22-50(56)52-31-43)54(33-37-8-9-37)25-3-5-41(42)29-47/h10-13,17-20,28-29,35-37,43,48-49H,2-9,14-16,21-27,30-34H2,1H3,(H,52,56). The molecule has 0 aromatic heterocycles. The highest BCUT2D eigenvalue weighted by Gasteiger charge is 2.36. The minimum Gasteiger partial charge on any atom is -0.497 e. The second-order valence-electron chi connectivity index (χ2n) is 18.6. The lowest BCUT2D eigenvalue weighted by atomic mass is 9.83. The van der Waals surface area contributed by atoms with Crippen molar-refractivity contribution in [2.45, 2.75) is 115 Å².